The molecule has 2 aromatic carbocycles. The Kier molecular flexibility index (Phi) is 5.46. The van der Waals surface area contributed by atoms with E-state index < -0.39 is 12.0 Å². The normalized spacial score (nSPS) is 15.4. The van der Waals surface area contributed by atoms with E-state index in [4.69, 9.17) is 20.1 Å². The van der Waals surface area contributed by atoms with Crippen LogP contribution in [0, 0.1) is 0 Å². The molecule has 142 valence electrons. The van der Waals surface area contributed by atoms with E-state index in [9.17, 15) is 9.59 Å². The molecule has 0 aromatic heterocycles. The van der Waals surface area contributed by atoms with E-state index >= 15 is 0 Å². The van der Waals surface area contributed by atoms with E-state index in [1.54, 1.807) is 43.5 Å². The number of carbonyl (C=O) groups excluding carboxylic acids is 2. The van der Waals surface area contributed by atoms with Crippen LogP contribution in [0.4, 0.5) is 5.69 Å². The number of amides is 2. The lowest BCUT2D eigenvalue weighted by Crippen LogP contribution is -2.52. The summed E-state index contributed by atoms with van der Waals surface area (Å²) in [5.74, 6) is 6.14. The van der Waals surface area contributed by atoms with E-state index in [1.807, 2.05) is 6.07 Å². The van der Waals surface area contributed by atoms with Gasteiger partial charge in [-0.3, -0.25) is 15.0 Å². The molecule has 2 aromatic rings. The number of ether oxygens (including phenoxy) is 3. The van der Waals surface area contributed by atoms with Gasteiger partial charge in [-0.05, 0) is 29.8 Å². The fourth-order valence-electron chi connectivity index (χ4n) is 2.96. The summed E-state index contributed by atoms with van der Waals surface area (Å²) in [4.78, 5) is 26.4. The molecule has 1 unspecified atom stereocenters. The molecule has 8 nitrogen and oxygen atoms in total. The average molecular weight is 371 g/mol. The lowest BCUT2D eigenvalue weighted by Gasteiger charge is -2.34. The third kappa shape index (κ3) is 3.80. The van der Waals surface area contributed by atoms with Gasteiger partial charge in [0.25, 0.3) is 5.91 Å². The second-order valence-corrected chi connectivity index (χ2v) is 5.95. The summed E-state index contributed by atoms with van der Waals surface area (Å²) in [6, 6.07) is 12.4. The lowest BCUT2D eigenvalue weighted by molar-refractivity contribution is -0.128. The molecule has 1 aliphatic heterocycles. The molecule has 3 N–H and O–H groups in total. The number of hydrogen-bond donors (Lipinski definition) is 2. The van der Waals surface area contributed by atoms with Gasteiger partial charge in [-0.2, -0.15) is 0 Å². The molecule has 0 bridgehead atoms. The monoisotopic (exact) mass is 371 g/mol. The minimum absolute atomic E-state index is 0.0756. The zero-order chi connectivity index (χ0) is 19.4. The van der Waals surface area contributed by atoms with Crippen molar-refractivity contribution in [3.63, 3.8) is 0 Å². The highest BCUT2D eigenvalue weighted by Crippen LogP contribution is 2.34. The van der Waals surface area contributed by atoms with Crippen molar-refractivity contribution in [3.8, 4) is 17.2 Å². The molecule has 0 spiro atoms. The van der Waals surface area contributed by atoms with Crippen molar-refractivity contribution in [1.29, 1.82) is 0 Å². The van der Waals surface area contributed by atoms with Crippen LogP contribution < -0.4 is 30.4 Å². The first-order valence-electron chi connectivity index (χ1n) is 8.34. The number of carbonyl (C=O) groups is 2. The van der Waals surface area contributed by atoms with Crippen LogP contribution in [-0.4, -0.2) is 38.7 Å². The van der Waals surface area contributed by atoms with E-state index in [-0.39, 0.29) is 18.9 Å². The number of hydrazine groups is 1. The van der Waals surface area contributed by atoms with E-state index in [2.05, 4.69) is 5.43 Å². The van der Waals surface area contributed by atoms with E-state index in [0.717, 1.165) is 5.56 Å². The molecule has 0 aliphatic carbocycles. The van der Waals surface area contributed by atoms with Crippen molar-refractivity contribution in [2.45, 2.75) is 12.5 Å². The molecule has 1 aliphatic rings. The zero-order valence-electron chi connectivity index (χ0n) is 15.1. The summed E-state index contributed by atoms with van der Waals surface area (Å²) in [6.07, 6.45) is -0.745. The summed E-state index contributed by atoms with van der Waals surface area (Å²) in [7, 11) is 3.09. The van der Waals surface area contributed by atoms with Crippen molar-refractivity contribution in [2.24, 2.45) is 5.84 Å². The van der Waals surface area contributed by atoms with Gasteiger partial charge in [0, 0.05) is 0 Å². The van der Waals surface area contributed by atoms with E-state index in [1.165, 1.54) is 12.0 Å². The Morgan fingerprint density at radius 1 is 1.19 bits per heavy atom. The first-order valence-corrected chi connectivity index (χ1v) is 8.34. The number of nitrogens with zero attached hydrogens (tertiary/aromatic N) is 1. The minimum Gasteiger partial charge on any atom is -0.493 e. The molecule has 2 amide bonds. The number of benzene rings is 2. The topological polar surface area (TPSA) is 103 Å². The molecule has 1 atom stereocenters. The van der Waals surface area contributed by atoms with Crippen LogP contribution in [0.25, 0.3) is 0 Å². The predicted molar refractivity (Wildman–Crippen MR) is 98.8 cm³/mol. The minimum atomic E-state index is -0.876. The molecule has 8 heteroatoms. The van der Waals surface area contributed by atoms with Gasteiger partial charge in [-0.15, -0.1) is 0 Å². The number of rotatable bonds is 5. The first kappa shape index (κ1) is 18.5. The Morgan fingerprint density at radius 3 is 2.63 bits per heavy atom. The van der Waals surface area contributed by atoms with Crippen LogP contribution in [0.1, 0.15) is 5.56 Å². The van der Waals surface area contributed by atoms with Gasteiger partial charge in [-0.25, -0.2) is 5.84 Å². The van der Waals surface area contributed by atoms with Gasteiger partial charge in [0.15, 0.2) is 17.6 Å². The van der Waals surface area contributed by atoms with Crippen molar-refractivity contribution in [2.75, 3.05) is 25.7 Å². The SMILES string of the molecule is COc1ccc(CC(=O)N2CC(C(=O)NN)Oc3ccccc32)cc1OC. The number of anilines is 1. The van der Waals surface area contributed by atoms with Gasteiger partial charge >= 0.3 is 0 Å². The second-order valence-electron chi connectivity index (χ2n) is 5.95. The van der Waals surface area contributed by atoms with Crippen molar-refractivity contribution >= 4 is 17.5 Å². The smallest absolute Gasteiger partial charge is 0.276 e. The van der Waals surface area contributed by atoms with Gasteiger partial charge in [0.2, 0.25) is 5.91 Å². The van der Waals surface area contributed by atoms with Crippen LogP contribution in [0.2, 0.25) is 0 Å². The Hall–Kier alpha value is -3.26. The summed E-state index contributed by atoms with van der Waals surface area (Å²) in [6.45, 7) is 0.0756. The third-order valence-electron chi connectivity index (χ3n) is 4.31. The standard InChI is InChI=1S/C19H21N3O5/c1-25-15-8-7-12(9-16(15)26-2)10-18(23)22-11-17(19(24)21-20)27-14-6-4-3-5-13(14)22/h3-9,17H,10-11,20H2,1-2H3,(H,21,24). The Balaban J connectivity index is 1.86. The van der Waals surface area contributed by atoms with Gasteiger partial charge < -0.3 is 19.1 Å². The quantitative estimate of drug-likeness (QED) is 0.462. The summed E-state index contributed by atoms with van der Waals surface area (Å²) in [5.41, 5.74) is 3.45. The largest absolute Gasteiger partial charge is 0.493 e. The summed E-state index contributed by atoms with van der Waals surface area (Å²) in [5, 5.41) is 0. The Bertz CT molecular complexity index is 855. The van der Waals surface area contributed by atoms with E-state index in [0.29, 0.717) is 22.9 Å². The highest BCUT2D eigenvalue weighted by Gasteiger charge is 2.33. The molecule has 0 saturated carbocycles. The molecule has 0 radical (unpaired) electrons. The summed E-state index contributed by atoms with van der Waals surface area (Å²) >= 11 is 0. The van der Waals surface area contributed by atoms with Crippen LogP contribution in [-0.2, 0) is 16.0 Å². The highest BCUT2D eigenvalue weighted by molar-refractivity contribution is 5.98. The highest BCUT2D eigenvalue weighted by atomic mass is 16.5. The molecular formula is C19H21N3O5. The number of para-hydroxylation sites is 2. The van der Waals surface area contributed by atoms with Crippen LogP contribution in [0.5, 0.6) is 17.2 Å². The zero-order valence-corrected chi connectivity index (χ0v) is 15.1. The third-order valence-corrected chi connectivity index (χ3v) is 4.31. The molecule has 27 heavy (non-hydrogen) atoms. The molecule has 3 rings (SSSR count). The van der Waals surface area contributed by atoms with Crippen molar-refractivity contribution < 1.29 is 23.8 Å². The second kappa shape index (κ2) is 7.96. The number of nitrogens with two attached hydrogens (primary N) is 1. The number of nitrogens with one attached hydrogen (secondary N) is 1. The predicted octanol–water partition coefficient (Wildman–Crippen LogP) is 1.03. The molecular weight excluding hydrogens is 350 g/mol. The van der Waals surface area contributed by atoms with Crippen molar-refractivity contribution in [3.05, 3.63) is 48.0 Å². The number of fused-ring (bicyclic) bond motifs is 1. The van der Waals surface area contributed by atoms with Crippen LogP contribution in [0.15, 0.2) is 42.5 Å². The maximum Gasteiger partial charge on any atom is 0.276 e. The fraction of sp³-hybridized carbons (Fsp3) is 0.263. The molecule has 1 heterocycles. The molecule has 0 fully saturated rings. The lowest BCUT2D eigenvalue weighted by atomic mass is 10.1. The van der Waals surface area contributed by atoms with Crippen LogP contribution >= 0.6 is 0 Å². The molecule has 0 saturated heterocycles. The fourth-order valence-corrected chi connectivity index (χ4v) is 2.96. The number of methoxy groups -OCH3 is 2. The first-order chi connectivity index (χ1) is 13.1. The maximum absolute atomic E-state index is 13.0. The summed E-state index contributed by atoms with van der Waals surface area (Å²) < 4.78 is 16.2. The van der Waals surface area contributed by atoms with Gasteiger partial charge in [0.05, 0.1) is 32.9 Å². The number of hydrogen-bond acceptors (Lipinski definition) is 6. The Labute approximate surface area is 156 Å². The Morgan fingerprint density at radius 2 is 1.93 bits per heavy atom. The van der Waals surface area contributed by atoms with Gasteiger partial charge in [0.1, 0.15) is 5.75 Å². The van der Waals surface area contributed by atoms with Crippen LogP contribution in [0.3, 0.4) is 0 Å². The maximum atomic E-state index is 13.0. The van der Waals surface area contributed by atoms with Crippen molar-refractivity contribution in [1.82, 2.24) is 5.43 Å². The average Bonchev–Trinajstić information content (AvgIpc) is 2.72. The van der Waals surface area contributed by atoms with Gasteiger partial charge in [-0.1, -0.05) is 18.2 Å².